The highest BCUT2D eigenvalue weighted by Gasteiger charge is 2.07. The fourth-order valence-corrected chi connectivity index (χ4v) is 2.53. The fraction of sp³-hybridized carbons (Fsp3) is 0.0625. The van der Waals surface area contributed by atoms with Crippen molar-refractivity contribution in [3.05, 3.63) is 58.7 Å². The number of nitrogens with zero attached hydrogens (tertiary/aromatic N) is 1. The van der Waals surface area contributed by atoms with Crippen LogP contribution in [0.15, 0.2) is 53.1 Å². The molecule has 0 aliphatic rings. The number of aromatic nitrogens is 1. The number of aryl methyl sites for hydroxylation is 1. The molecule has 0 radical (unpaired) electrons. The average molecular weight is 328 g/mol. The Bertz CT molecular complexity index is 784. The first-order valence-electron chi connectivity index (χ1n) is 6.31. The molecule has 0 aliphatic heterocycles. The van der Waals surface area contributed by atoms with Crippen molar-refractivity contribution in [2.24, 2.45) is 0 Å². The van der Waals surface area contributed by atoms with Crippen molar-refractivity contribution in [3.8, 4) is 0 Å². The van der Waals surface area contributed by atoms with Gasteiger partial charge >= 0.3 is 0 Å². The number of nitrogen functional groups attached to an aromatic ring is 1. The largest absolute Gasteiger partial charge is 0.397 e. The normalized spacial score (nSPS) is 10.7. The van der Waals surface area contributed by atoms with Gasteiger partial charge in [-0.25, -0.2) is 0 Å². The molecule has 3 rings (SSSR count). The van der Waals surface area contributed by atoms with Crippen molar-refractivity contribution in [1.82, 2.24) is 4.98 Å². The van der Waals surface area contributed by atoms with Crippen LogP contribution < -0.4 is 11.1 Å². The van der Waals surface area contributed by atoms with Gasteiger partial charge in [0.2, 0.25) is 0 Å². The summed E-state index contributed by atoms with van der Waals surface area (Å²) in [5, 5.41) is 4.46. The molecule has 1 aromatic heterocycles. The van der Waals surface area contributed by atoms with E-state index in [9.17, 15) is 0 Å². The van der Waals surface area contributed by atoms with Crippen LogP contribution >= 0.6 is 15.9 Å². The lowest BCUT2D eigenvalue weighted by Gasteiger charge is -2.12. The van der Waals surface area contributed by atoms with Gasteiger partial charge in [0, 0.05) is 21.7 Å². The molecule has 0 bridgehead atoms. The Labute approximate surface area is 126 Å². The quantitative estimate of drug-likeness (QED) is 0.674. The third kappa shape index (κ3) is 2.34. The summed E-state index contributed by atoms with van der Waals surface area (Å²) in [5.74, 6) is 0. The van der Waals surface area contributed by atoms with Gasteiger partial charge in [-0.2, -0.15) is 0 Å². The van der Waals surface area contributed by atoms with Gasteiger partial charge in [0.25, 0.3) is 0 Å². The zero-order valence-electron chi connectivity index (χ0n) is 11.0. The molecule has 0 spiro atoms. The van der Waals surface area contributed by atoms with Crippen LogP contribution in [0.25, 0.3) is 10.9 Å². The van der Waals surface area contributed by atoms with Crippen molar-refractivity contribution in [3.63, 3.8) is 0 Å². The van der Waals surface area contributed by atoms with Crippen LogP contribution in [0, 0.1) is 6.92 Å². The van der Waals surface area contributed by atoms with E-state index in [1.54, 1.807) is 6.20 Å². The topological polar surface area (TPSA) is 50.9 Å². The number of rotatable bonds is 2. The molecule has 20 heavy (non-hydrogen) atoms. The Morgan fingerprint density at radius 3 is 2.80 bits per heavy atom. The molecule has 3 N–H and O–H groups in total. The van der Waals surface area contributed by atoms with Crippen molar-refractivity contribution in [2.45, 2.75) is 6.92 Å². The van der Waals surface area contributed by atoms with Crippen LogP contribution in [-0.2, 0) is 0 Å². The van der Waals surface area contributed by atoms with E-state index in [4.69, 9.17) is 5.73 Å². The Balaban J connectivity index is 2.11. The van der Waals surface area contributed by atoms with Gasteiger partial charge in [-0.1, -0.05) is 6.07 Å². The minimum Gasteiger partial charge on any atom is -0.397 e. The lowest BCUT2D eigenvalue weighted by molar-refractivity contribution is 1.40. The lowest BCUT2D eigenvalue weighted by Crippen LogP contribution is -1.96. The molecular weight excluding hydrogens is 314 g/mol. The molecule has 2 aromatic carbocycles. The first kappa shape index (κ1) is 12.9. The van der Waals surface area contributed by atoms with Crippen molar-refractivity contribution in [2.75, 3.05) is 11.1 Å². The standard InChI is InChI=1S/C16H14BrN3/c1-10-4-5-12(17)15(9-10)20-14-7-6-13(18)16-11(14)3-2-8-19-16/h2-9,20H,18H2,1H3. The number of pyridine rings is 1. The summed E-state index contributed by atoms with van der Waals surface area (Å²) in [5.41, 5.74) is 10.7. The number of benzene rings is 2. The first-order chi connectivity index (χ1) is 9.65. The Hall–Kier alpha value is -2.07. The van der Waals surface area contributed by atoms with E-state index >= 15 is 0 Å². The molecule has 0 unspecified atom stereocenters. The van der Waals surface area contributed by atoms with E-state index < -0.39 is 0 Å². The van der Waals surface area contributed by atoms with Crippen molar-refractivity contribution in [1.29, 1.82) is 0 Å². The summed E-state index contributed by atoms with van der Waals surface area (Å²) < 4.78 is 1.02. The second-order valence-electron chi connectivity index (χ2n) is 4.71. The number of anilines is 3. The summed E-state index contributed by atoms with van der Waals surface area (Å²) in [6.45, 7) is 2.07. The van der Waals surface area contributed by atoms with Crippen LogP contribution in [0.5, 0.6) is 0 Å². The molecule has 100 valence electrons. The number of hydrogen-bond acceptors (Lipinski definition) is 3. The molecule has 1 heterocycles. The van der Waals surface area contributed by atoms with Gasteiger partial charge in [0.1, 0.15) is 0 Å². The van der Waals surface area contributed by atoms with Gasteiger partial charge < -0.3 is 11.1 Å². The van der Waals surface area contributed by atoms with E-state index in [1.165, 1.54) is 5.56 Å². The van der Waals surface area contributed by atoms with E-state index in [-0.39, 0.29) is 0 Å². The third-order valence-electron chi connectivity index (χ3n) is 3.19. The molecular formula is C16H14BrN3. The smallest absolute Gasteiger partial charge is 0.0951 e. The third-order valence-corrected chi connectivity index (χ3v) is 3.88. The van der Waals surface area contributed by atoms with Crippen LogP contribution in [0.4, 0.5) is 17.1 Å². The second-order valence-corrected chi connectivity index (χ2v) is 5.56. The van der Waals surface area contributed by atoms with Crippen LogP contribution in [0.3, 0.4) is 0 Å². The zero-order valence-corrected chi connectivity index (χ0v) is 12.6. The highest BCUT2D eigenvalue weighted by molar-refractivity contribution is 9.10. The Kier molecular flexibility index (Phi) is 3.32. The molecule has 0 aliphatic carbocycles. The summed E-state index contributed by atoms with van der Waals surface area (Å²) in [7, 11) is 0. The van der Waals surface area contributed by atoms with Crippen molar-refractivity contribution >= 4 is 43.9 Å². The lowest BCUT2D eigenvalue weighted by atomic mass is 10.1. The summed E-state index contributed by atoms with van der Waals surface area (Å²) in [4.78, 5) is 4.35. The summed E-state index contributed by atoms with van der Waals surface area (Å²) in [6, 6.07) is 14.0. The summed E-state index contributed by atoms with van der Waals surface area (Å²) >= 11 is 3.56. The number of fused-ring (bicyclic) bond motifs is 1. The molecule has 0 fully saturated rings. The summed E-state index contributed by atoms with van der Waals surface area (Å²) in [6.07, 6.45) is 1.76. The molecule has 0 saturated heterocycles. The van der Waals surface area contributed by atoms with Crippen LogP contribution in [0.1, 0.15) is 5.56 Å². The molecule has 0 saturated carbocycles. The van der Waals surface area contributed by atoms with Gasteiger partial charge in [0.05, 0.1) is 16.9 Å². The Morgan fingerprint density at radius 1 is 1.10 bits per heavy atom. The number of nitrogens with one attached hydrogen (secondary N) is 1. The van der Waals surface area contributed by atoms with Gasteiger partial charge in [-0.05, 0) is 64.8 Å². The first-order valence-corrected chi connectivity index (χ1v) is 7.11. The van der Waals surface area contributed by atoms with E-state index in [0.29, 0.717) is 5.69 Å². The van der Waals surface area contributed by atoms with Crippen LogP contribution in [0.2, 0.25) is 0 Å². The maximum Gasteiger partial charge on any atom is 0.0951 e. The van der Waals surface area contributed by atoms with Gasteiger partial charge in [0.15, 0.2) is 0 Å². The maximum atomic E-state index is 5.97. The molecule has 4 heteroatoms. The average Bonchev–Trinajstić information content (AvgIpc) is 2.46. The number of nitrogens with two attached hydrogens (primary N) is 1. The Morgan fingerprint density at radius 2 is 1.95 bits per heavy atom. The van der Waals surface area contributed by atoms with E-state index in [0.717, 1.165) is 26.8 Å². The fourth-order valence-electron chi connectivity index (χ4n) is 2.18. The van der Waals surface area contributed by atoms with Crippen molar-refractivity contribution < 1.29 is 0 Å². The van der Waals surface area contributed by atoms with E-state index in [1.807, 2.05) is 30.3 Å². The van der Waals surface area contributed by atoms with E-state index in [2.05, 4.69) is 45.3 Å². The van der Waals surface area contributed by atoms with Gasteiger partial charge in [-0.3, -0.25) is 4.98 Å². The van der Waals surface area contributed by atoms with Crippen LogP contribution in [-0.4, -0.2) is 4.98 Å². The highest BCUT2D eigenvalue weighted by atomic mass is 79.9. The monoisotopic (exact) mass is 327 g/mol. The zero-order chi connectivity index (χ0) is 14.1. The highest BCUT2D eigenvalue weighted by Crippen LogP contribution is 2.32. The minimum atomic E-state index is 0.689. The molecule has 0 amide bonds. The molecule has 3 aromatic rings. The SMILES string of the molecule is Cc1ccc(Br)c(Nc2ccc(N)c3ncccc23)c1. The second kappa shape index (κ2) is 5.13. The maximum absolute atomic E-state index is 5.97. The predicted molar refractivity (Wildman–Crippen MR) is 88.3 cm³/mol. The predicted octanol–water partition coefficient (Wildman–Crippen LogP) is 4.63. The van der Waals surface area contributed by atoms with Gasteiger partial charge in [-0.15, -0.1) is 0 Å². The molecule has 3 nitrogen and oxygen atoms in total. The molecule has 0 atom stereocenters. The number of hydrogen-bond donors (Lipinski definition) is 2. The minimum absolute atomic E-state index is 0.689. The number of halogens is 1.